The molecule has 0 heterocycles. The molecule has 0 saturated carbocycles. The number of esters is 1. The number of carbonyl (C=O) groups is 1. The van der Waals surface area contributed by atoms with Crippen LogP contribution in [0.1, 0.15) is 33.1 Å². The van der Waals surface area contributed by atoms with Crippen LogP contribution in [0.4, 0.5) is 0 Å². The number of ether oxygens (including phenoxy) is 1. The van der Waals surface area contributed by atoms with Crippen molar-refractivity contribution in [2.45, 2.75) is 45.3 Å². The van der Waals surface area contributed by atoms with Crippen molar-refractivity contribution >= 4 is 5.97 Å². The van der Waals surface area contributed by atoms with Crippen molar-refractivity contribution in [3.05, 3.63) is 12.2 Å². The molecule has 0 aliphatic rings. The molecule has 0 aromatic heterocycles. The Balaban J connectivity index is 3.88. The lowest BCUT2D eigenvalue weighted by Crippen LogP contribution is -2.23. The highest BCUT2D eigenvalue weighted by Gasteiger charge is 2.12. The first kappa shape index (κ1) is 14.1. The summed E-state index contributed by atoms with van der Waals surface area (Å²) in [5.74, 6) is -0.501. The highest BCUT2D eigenvalue weighted by molar-refractivity contribution is 5.81. The molecule has 0 aliphatic heterocycles. The monoisotopic (exact) mass is 216 g/mol. The smallest absolute Gasteiger partial charge is 0.330 e. The van der Waals surface area contributed by atoms with Crippen LogP contribution in [0.15, 0.2) is 12.2 Å². The van der Waals surface area contributed by atoms with Crippen LogP contribution in [0, 0.1) is 0 Å². The molecule has 0 rings (SSSR count). The Bertz CT molecular complexity index is 201. The Morgan fingerprint density at radius 3 is 2.60 bits per heavy atom. The number of hydrogen-bond donors (Lipinski definition) is 2. The normalized spacial score (nSPS) is 15.2. The van der Waals surface area contributed by atoms with E-state index in [1.54, 1.807) is 6.92 Å². The fourth-order valence-corrected chi connectivity index (χ4v) is 1.08. The van der Waals surface area contributed by atoms with E-state index in [1.807, 2.05) is 6.92 Å². The third-order valence-corrected chi connectivity index (χ3v) is 1.96. The van der Waals surface area contributed by atoms with E-state index in [1.165, 1.54) is 6.08 Å². The summed E-state index contributed by atoms with van der Waals surface area (Å²) >= 11 is 0. The van der Waals surface area contributed by atoms with Crippen molar-refractivity contribution < 1.29 is 19.7 Å². The minimum Gasteiger partial charge on any atom is -0.463 e. The first-order valence-corrected chi connectivity index (χ1v) is 5.32. The van der Waals surface area contributed by atoms with Crippen LogP contribution in [-0.4, -0.2) is 35.0 Å². The SMILES string of the molecule is CCCC[C@@H](O)[C@H](O)/C=C/C(=O)OCC. The third kappa shape index (κ3) is 7.11. The molecule has 0 spiro atoms. The Labute approximate surface area is 90.6 Å². The van der Waals surface area contributed by atoms with Crippen LogP contribution in [0.2, 0.25) is 0 Å². The van der Waals surface area contributed by atoms with Gasteiger partial charge < -0.3 is 14.9 Å². The van der Waals surface area contributed by atoms with Crippen LogP contribution in [0.3, 0.4) is 0 Å². The number of aliphatic hydroxyl groups is 2. The second-order valence-electron chi connectivity index (χ2n) is 3.31. The number of carbonyl (C=O) groups excluding carboxylic acids is 1. The van der Waals surface area contributed by atoms with Crippen molar-refractivity contribution in [2.24, 2.45) is 0 Å². The molecule has 0 fully saturated rings. The lowest BCUT2D eigenvalue weighted by molar-refractivity contribution is -0.137. The van der Waals surface area contributed by atoms with Crippen molar-refractivity contribution in [1.82, 2.24) is 0 Å². The summed E-state index contributed by atoms with van der Waals surface area (Å²) < 4.78 is 4.63. The molecule has 0 amide bonds. The highest BCUT2D eigenvalue weighted by atomic mass is 16.5. The topological polar surface area (TPSA) is 66.8 Å². The summed E-state index contributed by atoms with van der Waals surface area (Å²) in [6.07, 6.45) is 2.94. The number of hydrogen-bond acceptors (Lipinski definition) is 4. The maximum atomic E-state index is 10.9. The summed E-state index contributed by atoms with van der Waals surface area (Å²) in [6.45, 7) is 4.02. The van der Waals surface area contributed by atoms with E-state index in [0.717, 1.165) is 18.9 Å². The van der Waals surface area contributed by atoms with Gasteiger partial charge in [0, 0.05) is 6.08 Å². The van der Waals surface area contributed by atoms with E-state index in [2.05, 4.69) is 4.74 Å². The highest BCUT2D eigenvalue weighted by Crippen LogP contribution is 2.05. The van der Waals surface area contributed by atoms with Gasteiger partial charge in [-0.1, -0.05) is 19.8 Å². The number of aliphatic hydroxyl groups excluding tert-OH is 2. The minimum absolute atomic E-state index is 0.303. The molecule has 0 unspecified atom stereocenters. The quantitative estimate of drug-likeness (QED) is 0.492. The van der Waals surface area contributed by atoms with Gasteiger partial charge in [0.2, 0.25) is 0 Å². The summed E-state index contributed by atoms with van der Waals surface area (Å²) in [7, 11) is 0. The first-order chi connectivity index (χ1) is 7.11. The maximum absolute atomic E-state index is 10.9. The van der Waals surface area contributed by atoms with Crippen LogP contribution < -0.4 is 0 Å². The van der Waals surface area contributed by atoms with Crippen LogP contribution >= 0.6 is 0 Å². The summed E-state index contributed by atoms with van der Waals surface area (Å²) in [6, 6.07) is 0. The average Bonchev–Trinajstić information content (AvgIpc) is 2.22. The van der Waals surface area contributed by atoms with E-state index in [-0.39, 0.29) is 0 Å². The first-order valence-electron chi connectivity index (χ1n) is 5.32. The van der Waals surface area contributed by atoms with Crippen molar-refractivity contribution in [1.29, 1.82) is 0 Å². The molecule has 2 N–H and O–H groups in total. The molecule has 0 bridgehead atoms. The maximum Gasteiger partial charge on any atom is 0.330 e. The van der Waals surface area contributed by atoms with Gasteiger partial charge >= 0.3 is 5.97 Å². The van der Waals surface area contributed by atoms with Gasteiger partial charge in [-0.2, -0.15) is 0 Å². The fourth-order valence-electron chi connectivity index (χ4n) is 1.08. The second kappa shape index (κ2) is 8.44. The summed E-state index contributed by atoms with van der Waals surface area (Å²) in [4.78, 5) is 10.9. The van der Waals surface area contributed by atoms with Gasteiger partial charge in [-0.3, -0.25) is 0 Å². The van der Waals surface area contributed by atoms with Gasteiger partial charge in [0.25, 0.3) is 0 Å². The fraction of sp³-hybridized carbons (Fsp3) is 0.727. The van der Waals surface area contributed by atoms with Gasteiger partial charge in [0.15, 0.2) is 0 Å². The molecular weight excluding hydrogens is 196 g/mol. The van der Waals surface area contributed by atoms with E-state index in [9.17, 15) is 15.0 Å². The van der Waals surface area contributed by atoms with Crippen molar-refractivity contribution in [3.63, 3.8) is 0 Å². The van der Waals surface area contributed by atoms with Gasteiger partial charge in [-0.15, -0.1) is 0 Å². The summed E-state index contributed by atoms with van der Waals surface area (Å²) in [5, 5.41) is 18.9. The summed E-state index contributed by atoms with van der Waals surface area (Å²) in [5.41, 5.74) is 0. The standard InChI is InChI=1S/C11H20O4/c1-3-5-6-9(12)10(13)7-8-11(14)15-4-2/h7-10,12-13H,3-6H2,1-2H3/b8-7+/t9-,10-/m1/s1. The molecule has 2 atom stereocenters. The second-order valence-corrected chi connectivity index (χ2v) is 3.31. The molecule has 15 heavy (non-hydrogen) atoms. The lowest BCUT2D eigenvalue weighted by Gasteiger charge is -2.13. The minimum atomic E-state index is -0.999. The third-order valence-electron chi connectivity index (χ3n) is 1.96. The van der Waals surface area contributed by atoms with Crippen molar-refractivity contribution in [3.8, 4) is 0 Å². The molecule has 88 valence electrons. The zero-order valence-corrected chi connectivity index (χ0v) is 9.35. The van der Waals surface area contributed by atoms with Crippen LogP contribution in [-0.2, 0) is 9.53 Å². The Kier molecular flexibility index (Phi) is 7.95. The van der Waals surface area contributed by atoms with Gasteiger partial charge in [0.1, 0.15) is 0 Å². The Hall–Kier alpha value is -0.870. The molecule has 0 radical (unpaired) electrons. The van der Waals surface area contributed by atoms with Crippen LogP contribution in [0.25, 0.3) is 0 Å². The van der Waals surface area contributed by atoms with Gasteiger partial charge in [-0.05, 0) is 19.4 Å². The zero-order chi connectivity index (χ0) is 11.7. The van der Waals surface area contributed by atoms with Crippen molar-refractivity contribution in [2.75, 3.05) is 6.61 Å². The van der Waals surface area contributed by atoms with Gasteiger partial charge in [-0.25, -0.2) is 4.79 Å². The predicted octanol–water partition coefficient (Wildman–Crippen LogP) is 1.02. The molecule has 4 nitrogen and oxygen atoms in total. The largest absolute Gasteiger partial charge is 0.463 e. The molecule has 0 aliphatic carbocycles. The number of rotatable bonds is 7. The van der Waals surface area contributed by atoms with Gasteiger partial charge in [0.05, 0.1) is 18.8 Å². The molecule has 4 heteroatoms. The van der Waals surface area contributed by atoms with E-state index in [0.29, 0.717) is 13.0 Å². The molecule has 0 saturated heterocycles. The zero-order valence-electron chi connectivity index (χ0n) is 9.35. The molecular formula is C11H20O4. The molecule has 0 aromatic carbocycles. The number of unbranched alkanes of at least 4 members (excludes halogenated alkanes) is 1. The predicted molar refractivity (Wildman–Crippen MR) is 57.3 cm³/mol. The Morgan fingerprint density at radius 1 is 1.40 bits per heavy atom. The van der Waals surface area contributed by atoms with E-state index in [4.69, 9.17) is 0 Å². The lowest BCUT2D eigenvalue weighted by atomic mass is 10.1. The Morgan fingerprint density at radius 2 is 2.07 bits per heavy atom. The van der Waals surface area contributed by atoms with E-state index >= 15 is 0 Å². The molecule has 0 aromatic rings. The van der Waals surface area contributed by atoms with E-state index < -0.39 is 18.2 Å². The average molecular weight is 216 g/mol. The van der Waals surface area contributed by atoms with Crippen LogP contribution in [0.5, 0.6) is 0 Å².